The van der Waals surface area contributed by atoms with Gasteiger partial charge in [0.2, 0.25) is 5.88 Å². The molecule has 0 amide bonds. The lowest BCUT2D eigenvalue weighted by Crippen LogP contribution is -2.39. The summed E-state index contributed by atoms with van der Waals surface area (Å²) in [4.78, 5) is 28.4. The summed E-state index contributed by atoms with van der Waals surface area (Å²) in [5.74, 6) is -0.504. The topological polar surface area (TPSA) is 97.7 Å². The zero-order chi connectivity index (χ0) is 28.2. The van der Waals surface area contributed by atoms with Crippen LogP contribution >= 0.6 is 0 Å². The van der Waals surface area contributed by atoms with Crippen LogP contribution in [0.5, 0.6) is 5.88 Å². The third kappa shape index (κ3) is 7.32. The highest BCUT2D eigenvalue weighted by atomic mass is 16.5. The molecule has 0 spiro atoms. The van der Waals surface area contributed by atoms with E-state index in [4.69, 9.17) is 9.47 Å². The van der Waals surface area contributed by atoms with Crippen LogP contribution in [-0.4, -0.2) is 51.3 Å². The number of carbonyl (C=O) groups is 1. The van der Waals surface area contributed by atoms with Crippen LogP contribution in [0, 0.1) is 12.3 Å². The maximum atomic E-state index is 12.6. The first-order chi connectivity index (χ1) is 18.4. The van der Waals surface area contributed by atoms with Crippen LogP contribution in [0.3, 0.4) is 0 Å². The Morgan fingerprint density at radius 3 is 2.41 bits per heavy atom. The molecule has 1 atom stereocenters. The number of hydrogen-bond donors (Lipinski definition) is 1. The Balaban J connectivity index is 1.69. The number of nitrogens with zero attached hydrogens (tertiary/aromatic N) is 4. The molecular formula is C31H40N4O4. The van der Waals surface area contributed by atoms with E-state index < -0.39 is 17.7 Å². The molecule has 3 aromatic heterocycles. The molecule has 8 nitrogen and oxygen atoms in total. The highest BCUT2D eigenvalue weighted by Crippen LogP contribution is 2.43. The van der Waals surface area contributed by atoms with E-state index in [2.05, 4.69) is 33.7 Å². The second-order valence-electron chi connectivity index (χ2n) is 11.9. The molecule has 1 N–H and O–H groups in total. The summed E-state index contributed by atoms with van der Waals surface area (Å²) >= 11 is 0. The Morgan fingerprint density at radius 1 is 1.08 bits per heavy atom. The highest BCUT2D eigenvalue weighted by molar-refractivity contribution is 5.86. The molecule has 1 fully saturated rings. The lowest BCUT2D eigenvalue weighted by atomic mass is 9.82. The minimum absolute atomic E-state index is 0.239. The van der Waals surface area contributed by atoms with Gasteiger partial charge in [-0.3, -0.25) is 9.97 Å². The molecule has 1 aliphatic rings. The van der Waals surface area contributed by atoms with Crippen LogP contribution in [0.1, 0.15) is 70.5 Å². The third-order valence-corrected chi connectivity index (χ3v) is 7.06. The van der Waals surface area contributed by atoms with Crippen molar-refractivity contribution in [3.05, 3.63) is 65.9 Å². The molecular weight excluding hydrogens is 492 g/mol. The molecule has 8 heteroatoms. The van der Waals surface area contributed by atoms with Crippen molar-refractivity contribution in [2.24, 2.45) is 5.41 Å². The van der Waals surface area contributed by atoms with Crippen LogP contribution in [0.2, 0.25) is 0 Å². The fraction of sp³-hybridized carbons (Fsp3) is 0.484. The summed E-state index contributed by atoms with van der Waals surface area (Å²) in [5, 5.41) is 10.3. The number of ether oxygens (including phenoxy) is 2. The number of carboxylic acid groups (broad SMARTS) is 1. The molecule has 1 saturated heterocycles. The van der Waals surface area contributed by atoms with E-state index in [-0.39, 0.29) is 5.41 Å². The summed E-state index contributed by atoms with van der Waals surface area (Å²) in [6.45, 7) is 14.1. The van der Waals surface area contributed by atoms with Crippen LogP contribution in [-0.2, 0) is 16.0 Å². The average Bonchev–Trinajstić information content (AvgIpc) is 2.88. The monoisotopic (exact) mass is 532 g/mol. The number of rotatable bonds is 9. The lowest BCUT2D eigenvalue weighted by Gasteiger charge is -2.40. The van der Waals surface area contributed by atoms with Gasteiger partial charge in [0.15, 0.2) is 6.10 Å². The van der Waals surface area contributed by atoms with Crippen LogP contribution in [0.25, 0.3) is 11.1 Å². The Bertz CT molecular complexity index is 1260. The van der Waals surface area contributed by atoms with Crippen molar-refractivity contribution >= 4 is 11.7 Å². The van der Waals surface area contributed by atoms with Gasteiger partial charge in [-0.2, -0.15) is 0 Å². The maximum absolute atomic E-state index is 12.6. The standard InChI is InChI=1S/C31H40N4O4/c1-21-26(28(29(36)37)39-30(2,3)4)27(35-16-13-31(5,6)14-17-35)24(20-33-21)22-10-11-25(34-19-22)38-18-12-23-9-7-8-15-32-23/h7-11,15,19-20,28H,12-14,16-18H2,1-6H3,(H,36,37)/t28-/m0/s1. The summed E-state index contributed by atoms with van der Waals surface area (Å²) in [6.07, 6.45) is 6.92. The number of pyridine rings is 3. The maximum Gasteiger partial charge on any atom is 0.337 e. The number of aryl methyl sites for hydroxylation is 1. The predicted octanol–water partition coefficient (Wildman–Crippen LogP) is 6.04. The molecule has 0 bridgehead atoms. The van der Waals surface area contributed by atoms with E-state index in [0.29, 0.717) is 30.2 Å². The average molecular weight is 533 g/mol. The zero-order valence-electron chi connectivity index (χ0n) is 23.9. The van der Waals surface area contributed by atoms with Gasteiger partial charge in [0, 0.05) is 72.2 Å². The molecule has 1 aliphatic heterocycles. The van der Waals surface area contributed by atoms with Crippen LogP contribution in [0.4, 0.5) is 5.69 Å². The van der Waals surface area contributed by atoms with E-state index in [0.717, 1.165) is 48.4 Å². The second kappa shape index (κ2) is 11.7. The van der Waals surface area contributed by atoms with E-state index in [1.807, 2.05) is 64.2 Å². The summed E-state index contributed by atoms with van der Waals surface area (Å²) in [6, 6.07) is 9.62. The smallest absolute Gasteiger partial charge is 0.337 e. The van der Waals surface area contributed by atoms with Crippen molar-refractivity contribution in [3.8, 4) is 17.0 Å². The first-order valence-electron chi connectivity index (χ1n) is 13.6. The normalized spacial score (nSPS) is 16.1. The van der Waals surface area contributed by atoms with Crippen molar-refractivity contribution in [2.45, 2.75) is 72.5 Å². The Kier molecular flexibility index (Phi) is 8.54. The number of hydrogen-bond acceptors (Lipinski definition) is 7. The summed E-state index contributed by atoms with van der Waals surface area (Å²) < 4.78 is 12.0. The molecule has 0 saturated carbocycles. The molecule has 4 rings (SSSR count). The molecule has 208 valence electrons. The summed E-state index contributed by atoms with van der Waals surface area (Å²) in [7, 11) is 0. The number of aromatic nitrogens is 3. The first kappa shape index (κ1) is 28.5. The molecule has 39 heavy (non-hydrogen) atoms. The first-order valence-corrected chi connectivity index (χ1v) is 13.6. The van der Waals surface area contributed by atoms with Crippen molar-refractivity contribution in [2.75, 3.05) is 24.6 Å². The predicted molar refractivity (Wildman–Crippen MR) is 152 cm³/mol. The van der Waals surface area contributed by atoms with Gasteiger partial charge in [-0.1, -0.05) is 19.9 Å². The number of anilines is 1. The molecule has 0 aromatic carbocycles. The minimum atomic E-state index is -1.15. The van der Waals surface area contributed by atoms with Crippen LogP contribution in [0.15, 0.2) is 48.9 Å². The van der Waals surface area contributed by atoms with Gasteiger partial charge < -0.3 is 19.5 Å². The third-order valence-electron chi connectivity index (χ3n) is 7.06. The van der Waals surface area contributed by atoms with E-state index in [1.165, 1.54) is 0 Å². The molecule has 0 aliphatic carbocycles. The highest BCUT2D eigenvalue weighted by Gasteiger charge is 2.35. The number of piperidine rings is 1. The molecule has 0 unspecified atom stereocenters. The van der Waals surface area contributed by atoms with E-state index in [9.17, 15) is 9.90 Å². The number of aliphatic carboxylic acids is 1. The number of carboxylic acids is 1. The van der Waals surface area contributed by atoms with Crippen molar-refractivity contribution in [1.82, 2.24) is 15.0 Å². The zero-order valence-corrected chi connectivity index (χ0v) is 23.9. The largest absolute Gasteiger partial charge is 0.479 e. The SMILES string of the molecule is Cc1ncc(-c2ccc(OCCc3ccccn3)nc2)c(N2CCC(C)(C)CC2)c1[C@H](OC(C)(C)C)C(=O)O. The summed E-state index contributed by atoms with van der Waals surface area (Å²) in [5.41, 5.74) is 4.35. The Labute approximate surface area is 231 Å². The van der Waals surface area contributed by atoms with Crippen LogP contribution < -0.4 is 9.64 Å². The quantitative estimate of drug-likeness (QED) is 0.356. The molecule has 3 aromatic rings. The van der Waals surface area contributed by atoms with Gasteiger partial charge in [0.25, 0.3) is 0 Å². The van der Waals surface area contributed by atoms with Gasteiger partial charge in [-0.25, -0.2) is 9.78 Å². The van der Waals surface area contributed by atoms with Gasteiger partial charge in [-0.05, 0) is 64.2 Å². The van der Waals surface area contributed by atoms with Gasteiger partial charge in [-0.15, -0.1) is 0 Å². The van der Waals surface area contributed by atoms with Gasteiger partial charge in [0.05, 0.1) is 17.9 Å². The van der Waals surface area contributed by atoms with Crippen molar-refractivity contribution < 1.29 is 19.4 Å². The van der Waals surface area contributed by atoms with Crippen molar-refractivity contribution in [1.29, 1.82) is 0 Å². The second-order valence-corrected chi connectivity index (χ2v) is 11.9. The van der Waals surface area contributed by atoms with E-state index in [1.54, 1.807) is 12.4 Å². The lowest BCUT2D eigenvalue weighted by molar-refractivity contribution is -0.160. The van der Waals surface area contributed by atoms with E-state index >= 15 is 0 Å². The fourth-order valence-electron chi connectivity index (χ4n) is 4.83. The Morgan fingerprint density at radius 2 is 1.82 bits per heavy atom. The minimum Gasteiger partial charge on any atom is -0.479 e. The Hall–Kier alpha value is -3.52. The fourth-order valence-corrected chi connectivity index (χ4v) is 4.83. The molecule has 4 heterocycles. The van der Waals surface area contributed by atoms with Gasteiger partial charge >= 0.3 is 5.97 Å². The van der Waals surface area contributed by atoms with Crippen molar-refractivity contribution in [3.63, 3.8) is 0 Å². The molecule has 0 radical (unpaired) electrons. The van der Waals surface area contributed by atoms with Gasteiger partial charge in [0.1, 0.15) is 0 Å².